The molecule has 2 N–H and O–H groups in total. The average Bonchev–Trinajstić information content (AvgIpc) is 2.67. The number of hydrogen-bond donors (Lipinski definition) is 2. The van der Waals surface area contributed by atoms with E-state index in [1.54, 1.807) is 31.2 Å². The molecule has 1 atom stereocenters. The highest BCUT2D eigenvalue weighted by atomic mass is 35.5. The minimum Gasteiger partial charge on any atom is -0.487 e. The molecule has 0 fully saturated rings. The zero-order chi connectivity index (χ0) is 22.7. The fourth-order valence-corrected chi connectivity index (χ4v) is 3.34. The van der Waals surface area contributed by atoms with Gasteiger partial charge in [-0.05, 0) is 48.7 Å². The van der Waals surface area contributed by atoms with Crippen molar-refractivity contribution in [3.63, 3.8) is 0 Å². The lowest BCUT2D eigenvalue weighted by Gasteiger charge is -2.28. The van der Waals surface area contributed by atoms with E-state index in [1.165, 1.54) is 6.92 Å². The van der Waals surface area contributed by atoms with Crippen molar-refractivity contribution in [2.75, 3.05) is 11.9 Å². The Kier molecular flexibility index (Phi) is 7.56. The molecule has 0 saturated heterocycles. The van der Waals surface area contributed by atoms with Gasteiger partial charge >= 0.3 is 0 Å². The Balaban J connectivity index is 2.27. The molecule has 2 rings (SSSR count). The fourth-order valence-electron chi connectivity index (χ4n) is 2.74. The number of hydrogen-bond acceptors (Lipinski definition) is 4. The first-order chi connectivity index (χ1) is 13.9. The van der Waals surface area contributed by atoms with Gasteiger partial charge in [-0.15, -0.1) is 0 Å². The van der Waals surface area contributed by atoms with Crippen molar-refractivity contribution in [1.29, 1.82) is 0 Å². The molecule has 1 amide bonds. The molecule has 2 aromatic rings. The maximum Gasteiger partial charge on any atom is 0.291 e. The third kappa shape index (κ3) is 5.75. The second-order valence-corrected chi connectivity index (χ2v) is 8.94. The van der Waals surface area contributed by atoms with Crippen LogP contribution in [0.25, 0.3) is 0 Å². The second kappa shape index (κ2) is 9.38. The van der Waals surface area contributed by atoms with Crippen molar-refractivity contribution < 1.29 is 19.4 Å². The van der Waals surface area contributed by atoms with Crippen molar-refractivity contribution in [1.82, 2.24) is 0 Å². The highest BCUT2D eigenvalue weighted by Gasteiger charge is 2.27. The number of halogens is 2. The van der Waals surface area contributed by atoms with Gasteiger partial charge in [0.15, 0.2) is 5.75 Å². The number of ether oxygens (including phenoxy) is 1. The van der Waals surface area contributed by atoms with Gasteiger partial charge in [0.1, 0.15) is 6.61 Å². The molecule has 0 bridgehead atoms. The summed E-state index contributed by atoms with van der Waals surface area (Å²) < 4.78 is 5.69. The molecule has 2 aromatic carbocycles. The molecule has 0 heterocycles. The number of Topliss-reactive ketones (excluding diaryl/α,β-unsaturated/α-hetero) is 1. The summed E-state index contributed by atoms with van der Waals surface area (Å²) in [7, 11) is 0. The largest absolute Gasteiger partial charge is 0.487 e. The molecule has 30 heavy (non-hydrogen) atoms. The van der Waals surface area contributed by atoms with Crippen LogP contribution in [0.15, 0.2) is 36.4 Å². The number of nitrogens with one attached hydrogen (secondary N) is 1. The molecule has 1 unspecified atom stereocenters. The first kappa shape index (κ1) is 24.2. The number of carbonyl (C=O) groups is 2. The molecule has 0 aromatic heterocycles. The highest BCUT2D eigenvalue weighted by molar-refractivity contribution is 6.39. The van der Waals surface area contributed by atoms with Crippen molar-refractivity contribution in [2.24, 2.45) is 0 Å². The lowest BCUT2D eigenvalue weighted by molar-refractivity contribution is -0.133. The van der Waals surface area contributed by atoms with E-state index in [1.807, 2.05) is 32.9 Å². The van der Waals surface area contributed by atoms with Crippen LogP contribution in [0.4, 0.5) is 5.69 Å². The van der Waals surface area contributed by atoms with E-state index in [4.69, 9.17) is 27.9 Å². The third-order valence-electron chi connectivity index (χ3n) is 5.19. The van der Waals surface area contributed by atoms with Crippen LogP contribution >= 0.6 is 23.2 Å². The SMILES string of the molecule is CCC(C)(O)COc1c(Cl)cc(C(C)(C)c2ccc(NC(=O)C(C)=O)cc2)cc1Cl. The summed E-state index contributed by atoms with van der Waals surface area (Å²) in [6.07, 6.45) is 0.538. The van der Waals surface area contributed by atoms with E-state index in [9.17, 15) is 14.7 Å². The van der Waals surface area contributed by atoms with Crippen LogP contribution in [0.2, 0.25) is 10.0 Å². The predicted molar refractivity (Wildman–Crippen MR) is 121 cm³/mol. The maximum absolute atomic E-state index is 11.5. The molecule has 0 radical (unpaired) electrons. The highest BCUT2D eigenvalue weighted by Crippen LogP contribution is 2.41. The van der Waals surface area contributed by atoms with Gasteiger partial charge in [0.25, 0.3) is 5.91 Å². The molecule has 0 aliphatic heterocycles. The summed E-state index contributed by atoms with van der Waals surface area (Å²) in [5.41, 5.74) is 0.983. The maximum atomic E-state index is 11.5. The summed E-state index contributed by atoms with van der Waals surface area (Å²) in [5.74, 6) is -0.862. The lowest BCUT2D eigenvalue weighted by Crippen LogP contribution is -2.31. The molecule has 0 aliphatic carbocycles. The Morgan fingerprint density at radius 3 is 2.03 bits per heavy atom. The van der Waals surface area contributed by atoms with E-state index in [-0.39, 0.29) is 6.61 Å². The van der Waals surface area contributed by atoms with Crippen LogP contribution in [0.5, 0.6) is 5.75 Å². The molecule has 5 nitrogen and oxygen atoms in total. The number of benzene rings is 2. The zero-order valence-electron chi connectivity index (χ0n) is 17.8. The quantitative estimate of drug-likeness (QED) is 0.527. The van der Waals surface area contributed by atoms with Crippen molar-refractivity contribution in [3.8, 4) is 5.75 Å². The van der Waals surface area contributed by atoms with Gasteiger partial charge in [0.05, 0.1) is 15.6 Å². The monoisotopic (exact) mass is 451 g/mol. The number of rotatable bonds is 8. The normalized spacial score (nSPS) is 13.5. The summed E-state index contributed by atoms with van der Waals surface area (Å²) in [5, 5.41) is 13.4. The van der Waals surface area contributed by atoms with Gasteiger partial charge in [0, 0.05) is 18.0 Å². The molecule has 162 valence electrons. The lowest BCUT2D eigenvalue weighted by atomic mass is 9.78. The number of aliphatic hydroxyl groups is 1. The van der Waals surface area contributed by atoms with Gasteiger partial charge in [-0.25, -0.2) is 0 Å². The van der Waals surface area contributed by atoms with Gasteiger partial charge in [0.2, 0.25) is 5.78 Å². The minimum absolute atomic E-state index is 0.0825. The third-order valence-corrected chi connectivity index (χ3v) is 5.75. The molecular formula is C23H27Cl2NO4. The minimum atomic E-state index is -0.968. The van der Waals surface area contributed by atoms with Crippen LogP contribution in [-0.4, -0.2) is 29.0 Å². The first-order valence-electron chi connectivity index (χ1n) is 9.64. The summed E-state index contributed by atoms with van der Waals surface area (Å²) in [4.78, 5) is 22.6. The zero-order valence-corrected chi connectivity index (χ0v) is 19.3. The van der Waals surface area contributed by atoms with Crippen LogP contribution in [0.1, 0.15) is 52.2 Å². The Labute approximate surface area is 187 Å². The predicted octanol–water partition coefficient (Wildman–Crippen LogP) is 5.39. The standard InChI is InChI=1S/C23H27Cl2NO4/c1-6-23(5,29)13-30-20-18(24)11-16(12-19(20)25)22(3,4)15-7-9-17(10-8-15)26-21(28)14(2)27/h7-12,29H,6,13H2,1-5H3,(H,26,28). The van der Waals surface area contributed by atoms with Crippen LogP contribution < -0.4 is 10.1 Å². The van der Waals surface area contributed by atoms with Crippen molar-refractivity contribution in [2.45, 2.75) is 52.1 Å². The van der Waals surface area contributed by atoms with Crippen molar-refractivity contribution >= 4 is 40.6 Å². The summed E-state index contributed by atoms with van der Waals surface area (Å²) in [6.45, 7) is 8.92. The topological polar surface area (TPSA) is 75.6 Å². The van der Waals surface area contributed by atoms with Crippen molar-refractivity contribution in [3.05, 3.63) is 57.6 Å². The van der Waals surface area contributed by atoms with E-state index in [0.29, 0.717) is 27.9 Å². The number of carbonyl (C=O) groups excluding carboxylic acids is 2. The number of anilines is 1. The summed E-state index contributed by atoms with van der Waals surface area (Å²) in [6, 6.07) is 10.8. The number of amides is 1. The van der Waals surface area contributed by atoms with Crippen LogP contribution in [-0.2, 0) is 15.0 Å². The Morgan fingerprint density at radius 2 is 1.57 bits per heavy atom. The van der Waals surface area contributed by atoms with Gasteiger partial charge in [-0.3, -0.25) is 9.59 Å². The molecule has 0 saturated carbocycles. The van der Waals surface area contributed by atoms with Gasteiger partial charge in [-0.1, -0.05) is 56.1 Å². The Hall–Kier alpha value is -2.08. The number of ketones is 1. The molecule has 0 aliphatic rings. The summed E-state index contributed by atoms with van der Waals surface area (Å²) >= 11 is 12.9. The average molecular weight is 452 g/mol. The van der Waals surface area contributed by atoms with E-state index < -0.39 is 22.7 Å². The Morgan fingerprint density at radius 1 is 1.03 bits per heavy atom. The van der Waals surface area contributed by atoms with Gasteiger partial charge in [-0.2, -0.15) is 0 Å². The Bertz CT molecular complexity index is 914. The van der Waals surface area contributed by atoms with E-state index in [0.717, 1.165) is 11.1 Å². The smallest absolute Gasteiger partial charge is 0.291 e. The van der Waals surface area contributed by atoms with Gasteiger partial charge < -0.3 is 15.2 Å². The van der Waals surface area contributed by atoms with Crippen LogP contribution in [0, 0.1) is 0 Å². The fraction of sp³-hybridized carbons (Fsp3) is 0.391. The molecular weight excluding hydrogens is 425 g/mol. The van der Waals surface area contributed by atoms with Crippen LogP contribution in [0.3, 0.4) is 0 Å². The molecule has 7 heteroatoms. The second-order valence-electron chi connectivity index (χ2n) is 8.12. The molecule has 0 spiro atoms. The van der Waals surface area contributed by atoms with E-state index >= 15 is 0 Å². The first-order valence-corrected chi connectivity index (χ1v) is 10.4. The van der Waals surface area contributed by atoms with E-state index in [2.05, 4.69) is 5.32 Å².